The van der Waals surface area contributed by atoms with Crippen molar-refractivity contribution in [3.63, 3.8) is 0 Å². The number of carboxylic acids is 1. The molecule has 1 saturated carbocycles. The average Bonchev–Trinajstić information content (AvgIpc) is 3.34. The Bertz CT molecular complexity index is 752. The Balaban J connectivity index is 1.67. The Hall–Kier alpha value is -2.76. The molecule has 0 radical (unpaired) electrons. The Morgan fingerprint density at radius 2 is 1.83 bits per heavy atom. The van der Waals surface area contributed by atoms with E-state index in [0.717, 1.165) is 19.0 Å². The molecule has 0 bridgehead atoms. The van der Waals surface area contributed by atoms with E-state index in [9.17, 15) is 9.59 Å². The van der Waals surface area contributed by atoms with E-state index < -0.39 is 5.97 Å². The van der Waals surface area contributed by atoms with Gasteiger partial charge in [-0.2, -0.15) is 0 Å². The summed E-state index contributed by atoms with van der Waals surface area (Å²) in [5.74, 6) is -1.50. The van der Waals surface area contributed by atoms with Crippen LogP contribution < -0.4 is 5.32 Å². The van der Waals surface area contributed by atoms with E-state index in [-0.39, 0.29) is 22.7 Å². The molecule has 6 nitrogen and oxygen atoms in total. The highest BCUT2D eigenvalue weighted by molar-refractivity contribution is 5.92. The number of rotatable bonds is 5. The van der Waals surface area contributed by atoms with Crippen molar-refractivity contribution in [2.45, 2.75) is 25.2 Å². The van der Waals surface area contributed by atoms with E-state index in [0.29, 0.717) is 6.54 Å². The lowest BCUT2D eigenvalue weighted by atomic mass is 9.92. The summed E-state index contributed by atoms with van der Waals surface area (Å²) in [5, 5.41) is 11.7. The van der Waals surface area contributed by atoms with Crippen LogP contribution in [0.2, 0.25) is 0 Å². The molecule has 1 aromatic carbocycles. The fraction of sp³-hybridized carbons (Fsp3) is 0.294. The summed E-state index contributed by atoms with van der Waals surface area (Å²) in [5.41, 5.74) is 2.45. The number of aromatic carboxylic acids is 1. The number of carboxylic acid groups (broad SMARTS) is 1. The molecule has 1 aliphatic carbocycles. The van der Waals surface area contributed by atoms with E-state index in [1.165, 1.54) is 17.3 Å². The van der Waals surface area contributed by atoms with Gasteiger partial charge in [0.05, 0.1) is 12.4 Å². The van der Waals surface area contributed by atoms with Gasteiger partial charge >= 0.3 is 5.97 Å². The minimum Gasteiger partial charge on any atom is -0.476 e. The topological polar surface area (TPSA) is 92.2 Å². The van der Waals surface area contributed by atoms with Crippen molar-refractivity contribution in [3.05, 3.63) is 59.2 Å². The van der Waals surface area contributed by atoms with Crippen LogP contribution in [0.3, 0.4) is 0 Å². The number of benzene rings is 1. The highest BCUT2D eigenvalue weighted by Gasteiger charge is 2.45. The van der Waals surface area contributed by atoms with Gasteiger partial charge in [-0.1, -0.05) is 24.3 Å². The summed E-state index contributed by atoms with van der Waals surface area (Å²) in [6, 6.07) is 8.21. The maximum Gasteiger partial charge on any atom is 0.356 e. The highest BCUT2D eigenvalue weighted by atomic mass is 16.4. The van der Waals surface area contributed by atoms with Crippen molar-refractivity contribution in [2.24, 2.45) is 0 Å². The van der Waals surface area contributed by atoms with Crippen LogP contribution in [-0.2, 0) is 5.41 Å². The Morgan fingerprint density at radius 1 is 1.17 bits per heavy atom. The van der Waals surface area contributed by atoms with E-state index in [4.69, 9.17) is 5.11 Å². The third kappa shape index (κ3) is 3.06. The second-order valence-corrected chi connectivity index (χ2v) is 5.87. The predicted molar refractivity (Wildman–Crippen MR) is 83.4 cm³/mol. The van der Waals surface area contributed by atoms with Crippen molar-refractivity contribution in [1.82, 2.24) is 15.3 Å². The van der Waals surface area contributed by atoms with E-state index in [2.05, 4.69) is 34.3 Å². The molecule has 6 heteroatoms. The number of carbonyl (C=O) groups is 2. The zero-order valence-electron chi connectivity index (χ0n) is 12.7. The third-order valence-corrected chi connectivity index (χ3v) is 4.26. The summed E-state index contributed by atoms with van der Waals surface area (Å²) < 4.78 is 0. The van der Waals surface area contributed by atoms with Crippen molar-refractivity contribution in [3.8, 4) is 0 Å². The minimum atomic E-state index is -1.17. The molecule has 0 spiro atoms. The molecule has 3 rings (SSSR count). The van der Waals surface area contributed by atoms with Crippen LogP contribution in [0.5, 0.6) is 0 Å². The third-order valence-electron chi connectivity index (χ3n) is 4.26. The first kappa shape index (κ1) is 15.1. The maximum atomic E-state index is 12.2. The molecule has 0 aliphatic heterocycles. The molecule has 23 heavy (non-hydrogen) atoms. The summed E-state index contributed by atoms with van der Waals surface area (Å²) in [6.07, 6.45) is 4.36. The zero-order valence-corrected chi connectivity index (χ0v) is 12.7. The molecule has 0 atom stereocenters. The van der Waals surface area contributed by atoms with Crippen LogP contribution in [0.15, 0.2) is 36.7 Å². The SMILES string of the molecule is Cc1ccccc1C1(CNC(=O)c2cnc(C(=O)O)cn2)CC1. The van der Waals surface area contributed by atoms with Crippen LogP contribution in [0.1, 0.15) is 44.9 Å². The van der Waals surface area contributed by atoms with Gasteiger partial charge in [-0.25, -0.2) is 14.8 Å². The summed E-state index contributed by atoms with van der Waals surface area (Å²) in [7, 11) is 0. The van der Waals surface area contributed by atoms with Crippen molar-refractivity contribution >= 4 is 11.9 Å². The molecular formula is C17H17N3O3. The number of aromatic nitrogens is 2. The van der Waals surface area contributed by atoms with Crippen molar-refractivity contribution in [1.29, 1.82) is 0 Å². The molecule has 2 aromatic rings. The van der Waals surface area contributed by atoms with Gasteiger partial charge < -0.3 is 10.4 Å². The van der Waals surface area contributed by atoms with Crippen LogP contribution in [-0.4, -0.2) is 33.5 Å². The average molecular weight is 311 g/mol. The second-order valence-electron chi connectivity index (χ2n) is 5.87. The van der Waals surface area contributed by atoms with Crippen LogP contribution in [0, 0.1) is 6.92 Å². The van der Waals surface area contributed by atoms with Gasteiger partial charge in [0.1, 0.15) is 5.69 Å². The fourth-order valence-corrected chi connectivity index (χ4v) is 2.76. The normalized spacial score (nSPS) is 15.0. The first-order valence-corrected chi connectivity index (χ1v) is 7.41. The molecule has 118 valence electrons. The molecule has 1 aromatic heterocycles. The summed E-state index contributed by atoms with van der Waals surface area (Å²) in [6.45, 7) is 2.62. The molecule has 1 aliphatic rings. The first-order chi connectivity index (χ1) is 11.0. The smallest absolute Gasteiger partial charge is 0.356 e. The van der Waals surface area contributed by atoms with E-state index in [1.54, 1.807) is 0 Å². The fourth-order valence-electron chi connectivity index (χ4n) is 2.76. The zero-order chi connectivity index (χ0) is 16.4. The van der Waals surface area contributed by atoms with Gasteiger partial charge in [-0.05, 0) is 30.9 Å². The number of aryl methyl sites for hydroxylation is 1. The molecule has 1 heterocycles. The van der Waals surface area contributed by atoms with Crippen molar-refractivity contribution in [2.75, 3.05) is 6.54 Å². The molecule has 1 fully saturated rings. The van der Waals surface area contributed by atoms with E-state index >= 15 is 0 Å². The monoisotopic (exact) mass is 311 g/mol. The van der Waals surface area contributed by atoms with Crippen molar-refractivity contribution < 1.29 is 14.7 Å². The number of carbonyl (C=O) groups excluding carboxylic acids is 1. The van der Waals surface area contributed by atoms with Gasteiger partial charge in [0, 0.05) is 12.0 Å². The van der Waals surface area contributed by atoms with Crippen LogP contribution >= 0.6 is 0 Å². The number of amides is 1. The lowest BCUT2D eigenvalue weighted by molar-refractivity contribution is 0.0689. The van der Waals surface area contributed by atoms with Gasteiger partial charge in [0.15, 0.2) is 5.69 Å². The largest absolute Gasteiger partial charge is 0.476 e. The first-order valence-electron chi connectivity index (χ1n) is 7.41. The number of hydrogen-bond acceptors (Lipinski definition) is 4. The molecule has 2 N–H and O–H groups in total. The van der Waals surface area contributed by atoms with Gasteiger partial charge in [-0.15, -0.1) is 0 Å². The maximum absolute atomic E-state index is 12.2. The Morgan fingerprint density at radius 3 is 2.39 bits per heavy atom. The summed E-state index contributed by atoms with van der Waals surface area (Å²) in [4.78, 5) is 30.5. The number of hydrogen-bond donors (Lipinski definition) is 2. The van der Waals surface area contributed by atoms with E-state index in [1.807, 2.05) is 12.1 Å². The Kier molecular flexibility index (Phi) is 3.82. The molecule has 1 amide bonds. The quantitative estimate of drug-likeness (QED) is 0.880. The lowest BCUT2D eigenvalue weighted by Crippen LogP contribution is -2.33. The minimum absolute atomic E-state index is 0.00936. The summed E-state index contributed by atoms with van der Waals surface area (Å²) >= 11 is 0. The Labute approximate surface area is 133 Å². The number of nitrogens with one attached hydrogen (secondary N) is 1. The number of nitrogens with zero attached hydrogens (tertiary/aromatic N) is 2. The standard InChI is InChI=1S/C17H17N3O3/c1-11-4-2-3-5-12(11)17(6-7-17)10-20-15(21)13-8-19-14(9-18-13)16(22)23/h2-5,8-9H,6-7,10H2,1H3,(H,20,21)(H,22,23). The lowest BCUT2D eigenvalue weighted by Gasteiger charge is -2.18. The van der Waals surface area contributed by atoms with Crippen LogP contribution in [0.25, 0.3) is 0 Å². The van der Waals surface area contributed by atoms with Crippen LogP contribution in [0.4, 0.5) is 0 Å². The predicted octanol–water partition coefficient (Wildman–Crippen LogP) is 1.94. The highest BCUT2D eigenvalue weighted by Crippen LogP contribution is 2.48. The van der Waals surface area contributed by atoms with Gasteiger partial charge in [0.2, 0.25) is 0 Å². The molecule has 0 unspecified atom stereocenters. The van der Waals surface area contributed by atoms with Gasteiger partial charge in [0.25, 0.3) is 5.91 Å². The molecule has 0 saturated heterocycles. The second kappa shape index (κ2) is 5.79. The molecular weight excluding hydrogens is 294 g/mol. The van der Waals surface area contributed by atoms with Gasteiger partial charge in [-0.3, -0.25) is 4.79 Å².